The summed E-state index contributed by atoms with van der Waals surface area (Å²) < 4.78 is 1.60. The predicted octanol–water partition coefficient (Wildman–Crippen LogP) is 3.04. The highest BCUT2D eigenvalue weighted by Gasteiger charge is 2.12. The van der Waals surface area contributed by atoms with Crippen molar-refractivity contribution >= 4 is 23.1 Å². The van der Waals surface area contributed by atoms with Gasteiger partial charge in [-0.1, -0.05) is 0 Å². The molecule has 0 fully saturated rings. The summed E-state index contributed by atoms with van der Waals surface area (Å²) in [5, 5.41) is 9.61. The lowest BCUT2D eigenvalue weighted by Crippen LogP contribution is -2.11. The molecule has 0 aliphatic carbocycles. The van der Waals surface area contributed by atoms with Gasteiger partial charge in [0, 0.05) is 35.7 Å². The van der Waals surface area contributed by atoms with Crippen molar-refractivity contribution in [3.63, 3.8) is 0 Å². The third-order valence-electron chi connectivity index (χ3n) is 3.43. The van der Waals surface area contributed by atoms with E-state index < -0.39 is 0 Å². The van der Waals surface area contributed by atoms with Crippen molar-refractivity contribution in [1.29, 1.82) is 0 Å². The van der Waals surface area contributed by atoms with Crippen molar-refractivity contribution < 1.29 is 4.79 Å². The minimum absolute atomic E-state index is 0.262. The molecule has 0 aromatic carbocycles. The van der Waals surface area contributed by atoms with Gasteiger partial charge in [0.2, 0.25) is 0 Å². The van der Waals surface area contributed by atoms with Crippen LogP contribution in [0.1, 0.15) is 10.4 Å². The maximum atomic E-state index is 12.4. The van der Waals surface area contributed by atoms with Crippen molar-refractivity contribution in [2.45, 2.75) is 0 Å². The highest BCUT2D eigenvalue weighted by molar-refractivity contribution is 7.13. The first-order valence-corrected chi connectivity index (χ1v) is 8.30. The SMILES string of the molecule is O=C(Nc1csc(-c2ccncc2)n1)c1cnn(-c2cccnc2)c1. The molecular formula is C17H12N6OS. The van der Waals surface area contributed by atoms with Crippen LogP contribution in [0.4, 0.5) is 5.82 Å². The Morgan fingerprint density at radius 2 is 1.96 bits per heavy atom. The molecule has 0 spiro atoms. The fourth-order valence-electron chi connectivity index (χ4n) is 2.22. The maximum Gasteiger partial charge on any atom is 0.260 e. The molecule has 0 bridgehead atoms. The molecule has 4 heterocycles. The van der Waals surface area contributed by atoms with Gasteiger partial charge in [-0.2, -0.15) is 5.10 Å². The van der Waals surface area contributed by atoms with Crippen LogP contribution in [0.5, 0.6) is 0 Å². The monoisotopic (exact) mass is 348 g/mol. The van der Waals surface area contributed by atoms with E-state index in [0.29, 0.717) is 11.4 Å². The van der Waals surface area contributed by atoms with E-state index in [9.17, 15) is 4.79 Å². The van der Waals surface area contributed by atoms with Crippen LogP contribution in [0.3, 0.4) is 0 Å². The molecule has 25 heavy (non-hydrogen) atoms. The van der Waals surface area contributed by atoms with Crippen molar-refractivity contribution in [1.82, 2.24) is 24.7 Å². The molecule has 1 N–H and O–H groups in total. The van der Waals surface area contributed by atoms with Gasteiger partial charge in [0.1, 0.15) is 10.8 Å². The van der Waals surface area contributed by atoms with E-state index in [4.69, 9.17) is 0 Å². The summed E-state index contributed by atoms with van der Waals surface area (Å²) in [6.45, 7) is 0. The molecule has 4 aromatic rings. The van der Waals surface area contributed by atoms with Gasteiger partial charge < -0.3 is 5.32 Å². The summed E-state index contributed by atoms with van der Waals surface area (Å²) in [7, 11) is 0. The van der Waals surface area contributed by atoms with E-state index in [-0.39, 0.29) is 5.91 Å². The van der Waals surface area contributed by atoms with Gasteiger partial charge in [0.15, 0.2) is 0 Å². The Hall–Kier alpha value is -3.39. The number of nitrogens with one attached hydrogen (secondary N) is 1. The number of carbonyl (C=O) groups is 1. The molecule has 8 heteroatoms. The molecule has 7 nitrogen and oxygen atoms in total. The maximum absolute atomic E-state index is 12.4. The molecule has 0 aliphatic heterocycles. The number of rotatable bonds is 4. The Morgan fingerprint density at radius 1 is 1.08 bits per heavy atom. The van der Waals surface area contributed by atoms with Crippen LogP contribution in [0.25, 0.3) is 16.3 Å². The lowest BCUT2D eigenvalue weighted by Gasteiger charge is -2.00. The minimum Gasteiger partial charge on any atom is -0.306 e. The van der Waals surface area contributed by atoms with Gasteiger partial charge in [-0.25, -0.2) is 9.67 Å². The Balaban J connectivity index is 1.50. The average molecular weight is 348 g/mol. The first-order chi connectivity index (χ1) is 12.3. The largest absolute Gasteiger partial charge is 0.306 e. The van der Waals surface area contributed by atoms with Gasteiger partial charge in [-0.3, -0.25) is 14.8 Å². The second kappa shape index (κ2) is 6.62. The fraction of sp³-hybridized carbons (Fsp3) is 0. The summed E-state index contributed by atoms with van der Waals surface area (Å²) >= 11 is 1.46. The molecule has 0 aliphatic rings. The first-order valence-electron chi connectivity index (χ1n) is 7.42. The predicted molar refractivity (Wildman–Crippen MR) is 94.7 cm³/mol. The average Bonchev–Trinajstić information content (AvgIpc) is 3.33. The van der Waals surface area contributed by atoms with Crippen LogP contribution in [0.2, 0.25) is 0 Å². The van der Waals surface area contributed by atoms with Crippen LogP contribution >= 0.6 is 11.3 Å². The zero-order valence-electron chi connectivity index (χ0n) is 12.9. The van der Waals surface area contributed by atoms with Crippen LogP contribution < -0.4 is 5.32 Å². The smallest absolute Gasteiger partial charge is 0.260 e. The number of nitrogens with zero attached hydrogens (tertiary/aromatic N) is 5. The number of anilines is 1. The van der Waals surface area contributed by atoms with E-state index in [1.54, 1.807) is 41.0 Å². The summed E-state index contributed by atoms with van der Waals surface area (Å²) in [6, 6.07) is 7.43. The van der Waals surface area contributed by atoms with Crippen LogP contribution in [0.15, 0.2) is 66.8 Å². The number of thiazole rings is 1. The zero-order chi connectivity index (χ0) is 17.1. The highest BCUT2D eigenvalue weighted by atomic mass is 32.1. The molecule has 4 aromatic heterocycles. The van der Waals surface area contributed by atoms with Gasteiger partial charge in [-0.15, -0.1) is 11.3 Å². The molecular weight excluding hydrogens is 336 g/mol. The van der Waals surface area contributed by atoms with E-state index in [1.165, 1.54) is 17.5 Å². The number of hydrogen-bond donors (Lipinski definition) is 1. The quantitative estimate of drug-likeness (QED) is 0.613. The van der Waals surface area contributed by atoms with Gasteiger partial charge in [0.05, 0.1) is 23.6 Å². The molecule has 4 rings (SSSR count). The molecule has 1 amide bonds. The third-order valence-corrected chi connectivity index (χ3v) is 4.32. The zero-order valence-corrected chi connectivity index (χ0v) is 13.7. The van der Waals surface area contributed by atoms with Gasteiger partial charge >= 0.3 is 0 Å². The minimum atomic E-state index is -0.262. The van der Waals surface area contributed by atoms with Crippen LogP contribution in [-0.2, 0) is 0 Å². The standard InChI is InChI=1S/C17H12N6OS/c24-16(13-8-20-23(10-13)14-2-1-5-19-9-14)21-15-11-25-17(22-15)12-3-6-18-7-4-12/h1-11H,(H,21,24). The first kappa shape index (κ1) is 15.2. The normalized spacial score (nSPS) is 10.6. The van der Waals surface area contributed by atoms with Gasteiger partial charge in [-0.05, 0) is 24.3 Å². The van der Waals surface area contributed by atoms with E-state index in [2.05, 4.69) is 25.4 Å². The van der Waals surface area contributed by atoms with E-state index >= 15 is 0 Å². The summed E-state index contributed by atoms with van der Waals surface area (Å²) in [6.07, 6.45) is 9.95. The van der Waals surface area contributed by atoms with Crippen LogP contribution in [-0.4, -0.2) is 30.6 Å². The highest BCUT2D eigenvalue weighted by Crippen LogP contribution is 2.25. The van der Waals surface area contributed by atoms with Crippen molar-refractivity contribution in [3.05, 3.63) is 72.4 Å². The van der Waals surface area contributed by atoms with E-state index in [1.807, 2.05) is 24.3 Å². The number of aromatic nitrogens is 5. The van der Waals surface area contributed by atoms with Crippen LogP contribution in [0, 0.1) is 0 Å². The number of hydrogen-bond acceptors (Lipinski definition) is 6. The molecule has 0 saturated carbocycles. The second-order valence-electron chi connectivity index (χ2n) is 5.11. The van der Waals surface area contributed by atoms with E-state index in [0.717, 1.165) is 16.3 Å². The molecule has 0 saturated heterocycles. The van der Waals surface area contributed by atoms with Gasteiger partial charge in [0.25, 0.3) is 5.91 Å². The van der Waals surface area contributed by atoms with Crippen molar-refractivity contribution in [2.75, 3.05) is 5.32 Å². The molecule has 0 radical (unpaired) electrons. The lowest BCUT2D eigenvalue weighted by molar-refractivity contribution is 0.102. The Labute approximate surface area is 147 Å². The topological polar surface area (TPSA) is 85.6 Å². The molecule has 122 valence electrons. The summed E-state index contributed by atoms with van der Waals surface area (Å²) in [4.78, 5) is 24.8. The van der Waals surface area contributed by atoms with Crippen molar-refractivity contribution in [2.24, 2.45) is 0 Å². The Kier molecular flexibility index (Phi) is 4.01. The summed E-state index contributed by atoms with van der Waals surface area (Å²) in [5.74, 6) is 0.248. The number of amides is 1. The fourth-order valence-corrected chi connectivity index (χ4v) is 2.98. The molecule has 0 atom stereocenters. The summed E-state index contributed by atoms with van der Waals surface area (Å²) in [5.41, 5.74) is 2.20. The number of pyridine rings is 2. The Bertz CT molecular complexity index is 996. The lowest BCUT2D eigenvalue weighted by atomic mass is 10.3. The van der Waals surface area contributed by atoms with Crippen molar-refractivity contribution in [3.8, 4) is 16.3 Å². The number of carbonyl (C=O) groups excluding carboxylic acids is 1. The second-order valence-corrected chi connectivity index (χ2v) is 5.97. The molecule has 0 unspecified atom stereocenters. The Morgan fingerprint density at radius 3 is 2.76 bits per heavy atom. The third kappa shape index (κ3) is 3.29.